The Bertz CT molecular complexity index is 699. The first kappa shape index (κ1) is 24.7. The number of methoxy groups -OCH3 is 1. The maximum Gasteiger partial charge on any atom is 0.407 e. The van der Waals surface area contributed by atoms with Crippen LogP contribution in [0.3, 0.4) is 0 Å². The van der Waals surface area contributed by atoms with Gasteiger partial charge in [-0.05, 0) is 27.2 Å². The molecule has 10 heteroatoms. The van der Waals surface area contributed by atoms with Gasteiger partial charge in [-0.2, -0.15) is 0 Å². The van der Waals surface area contributed by atoms with Crippen molar-refractivity contribution in [1.82, 2.24) is 20.5 Å². The van der Waals surface area contributed by atoms with Crippen LogP contribution >= 0.6 is 11.3 Å². The summed E-state index contributed by atoms with van der Waals surface area (Å²) in [5.41, 5.74) is 0.172. The highest BCUT2D eigenvalue weighted by Crippen LogP contribution is 2.19. The quantitative estimate of drug-likeness (QED) is 0.616. The summed E-state index contributed by atoms with van der Waals surface area (Å²) in [4.78, 5) is 42.1. The molecule has 29 heavy (non-hydrogen) atoms. The van der Waals surface area contributed by atoms with E-state index in [1.165, 1.54) is 12.0 Å². The number of alkyl carbamates (subject to hydrolysis) is 1. The highest BCUT2D eigenvalue weighted by atomic mass is 32.1. The standard InChI is InChI=1S/C19H32N4O5S/c1-12(2)15-21-13(11-29-15)10-23(6)17(25)22-14(16(24)27-7)8-9-20-18(26)28-19(3,4)5/h11-12,14H,8-10H2,1-7H3,(H,20,26)(H,22,25). The van der Waals surface area contributed by atoms with Crippen molar-refractivity contribution < 1.29 is 23.9 Å². The molecule has 2 N–H and O–H groups in total. The molecule has 0 radical (unpaired) electrons. The van der Waals surface area contributed by atoms with E-state index in [2.05, 4.69) is 29.5 Å². The molecule has 0 aliphatic rings. The predicted octanol–water partition coefficient (Wildman–Crippen LogP) is 2.86. The maximum absolute atomic E-state index is 12.5. The van der Waals surface area contributed by atoms with E-state index in [4.69, 9.17) is 9.47 Å². The Balaban J connectivity index is 2.58. The molecule has 0 fully saturated rings. The van der Waals surface area contributed by atoms with Gasteiger partial charge in [0.15, 0.2) is 0 Å². The van der Waals surface area contributed by atoms with Gasteiger partial charge in [-0.25, -0.2) is 19.4 Å². The van der Waals surface area contributed by atoms with Crippen molar-refractivity contribution in [3.05, 3.63) is 16.1 Å². The molecule has 1 aromatic heterocycles. The van der Waals surface area contributed by atoms with Crippen LogP contribution < -0.4 is 10.6 Å². The van der Waals surface area contributed by atoms with Gasteiger partial charge in [-0.3, -0.25) is 0 Å². The molecule has 9 nitrogen and oxygen atoms in total. The van der Waals surface area contributed by atoms with Crippen LogP contribution in [0.4, 0.5) is 9.59 Å². The van der Waals surface area contributed by atoms with Crippen LogP contribution in [0.5, 0.6) is 0 Å². The number of esters is 1. The number of carbonyl (C=O) groups is 3. The number of carbonyl (C=O) groups excluding carboxylic acids is 3. The van der Waals surface area contributed by atoms with E-state index in [0.717, 1.165) is 10.7 Å². The van der Waals surface area contributed by atoms with E-state index in [-0.39, 0.29) is 13.0 Å². The summed E-state index contributed by atoms with van der Waals surface area (Å²) in [6.07, 6.45) is -0.422. The smallest absolute Gasteiger partial charge is 0.407 e. The number of ether oxygens (including phenoxy) is 2. The Morgan fingerprint density at radius 3 is 2.45 bits per heavy atom. The molecule has 1 rings (SSSR count). The maximum atomic E-state index is 12.5. The number of hydrogen-bond donors (Lipinski definition) is 2. The Kier molecular flexibility index (Phi) is 9.35. The minimum atomic E-state index is -0.897. The summed E-state index contributed by atoms with van der Waals surface area (Å²) in [6.45, 7) is 9.85. The van der Waals surface area contributed by atoms with Crippen molar-refractivity contribution in [3.63, 3.8) is 0 Å². The van der Waals surface area contributed by atoms with Gasteiger partial charge in [-0.15, -0.1) is 11.3 Å². The topological polar surface area (TPSA) is 110 Å². The van der Waals surface area contributed by atoms with Crippen molar-refractivity contribution in [1.29, 1.82) is 0 Å². The molecule has 0 aliphatic carbocycles. The van der Waals surface area contributed by atoms with Crippen LogP contribution in [0.2, 0.25) is 0 Å². The molecular weight excluding hydrogens is 396 g/mol. The second-order valence-corrected chi connectivity index (χ2v) is 8.82. The molecule has 1 atom stereocenters. The molecule has 0 saturated heterocycles. The lowest BCUT2D eigenvalue weighted by Crippen LogP contribution is -2.48. The fourth-order valence-corrected chi connectivity index (χ4v) is 3.08. The van der Waals surface area contributed by atoms with Gasteiger partial charge in [0.05, 0.1) is 24.4 Å². The van der Waals surface area contributed by atoms with Crippen LogP contribution in [0.1, 0.15) is 57.7 Å². The average Bonchev–Trinajstić information content (AvgIpc) is 3.07. The largest absolute Gasteiger partial charge is 0.467 e. The van der Waals surface area contributed by atoms with Crippen molar-refractivity contribution >= 4 is 29.4 Å². The van der Waals surface area contributed by atoms with Gasteiger partial charge in [0.25, 0.3) is 0 Å². The summed E-state index contributed by atoms with van der Waals surface area (Å²) in [5.74, 6) is -0.262. The van der Waals surface area contributed by atoms with Crippen LogP contribution in [-0.4, -0.2) is 60.3 Å². The summed E-state index contributed by atoms with van der Waals surface area (Å²) >= 11 is 1.56. The second kappa shape index (κ2) is 11.0. The molecule has 0 saturated carbocycles. The first-order valence-electron chi connectivity index (χ1n) is 9.43. The Morgan fingerprint density at radius 2 is 1.93 bits per heavy atom. The first-order chi connectivity index (χ1) is 13.4. The van der Waals surface area contributed by atoms with Crippen molar-refractivity contribution in [2.75, 3.05) is 20.7 Å². The molecule has 0 aliphatic heterocycles. The lowest BCUT2D eigenvalue weighted by Gasteiger charge is -2.23. The van der Waals surface area contributed by atoms with Gasteiger partial charge in [0.1, 0.15) is 11.6 Å². The van der Waals surface area contributed by atoms with Crippen LogP contribution in [0.25, 0.3) is 0 Å². The van der Waals surface area contributed by atoms with E-state index in [1.54, 1.807) is 39.2 Å². The van der Waals surface area contributed by atoms with Crippen molar-refractivity contribution in [2.45, 2.75) is 65.1 Å². The number of thiazole rings is 1. The number of nitrogens with zero attached hydrogens (tertiary/aromatic N) is 2. The molecule has 3 amide bonds. The third kappa shape index (κ3) is 9.12. The van der Waals surface area contributed by atoms with Gasteiger partial charge in [-0.1, -0.05) is 13.8 Å². The number of aromatic nitrogens is 1. The molecule has 164 valence electrons. The van der Waals surface area contributed by atoms with E-state index in [1.807, 2.05) is 5.38 Å². The summed E-state index contributed by atoms with van der Waals surface area (Å²) in [7, 11) is 2.87. The van der Waals surface area contributed by atoms with E-state index in [0.29, 0.717) is 12.5 Å². The second-order valence-electron chi connectivity index (χ2n) is 7.93. The summed E-state index contributed by atoms with van der Waals surface area (Å²) in [6, 6.07) is -1.33. The molecule has 1 unspecified atom stereocenters. The van der Waals surface area contributed by atoms with Gasteiger partial charge in [0.2, 0.25) is 0 Å². The number of rotatable bonds is 8. The molecule has 1 aromatic rings. The number of nitrogens with one attached hydrogen (secondary N) is 2. The van der Waals surface area contributed by atoms with Crippen LogP contribution in [0.15, 0.2) is 5.38 Å². The predicted molar refractivity (Wildman–Crippen MR) is 111 cm³/mol. The molecule has 0 spiro atoms. The average molecular weight is 429 g/mol. The molecule has 1 heterocycles. The Morgan fingerprint density at radius 1 is 1.28 bits per heavy atom. The number of hydrogen-bond acceptors (Lipinski definition) is 7. The first-order valence-corrected chi connectivity index (χ1v) is 10.3. The summed E-state index contributed by atoms with van der Waals surface area (Å²) in [5, 5.41) is 8.12. The fraction of sp³-hybridized carbons (Fsp3) is 0.684. The summed E-state index contributed by atoms with van der Waals surface area (Å²) < 4.78 is 9.90. The third-order valence-electron chi connectivity index (χ3n) is 3.69. The highest BCUT2D eigenvalue weighted by molar-refractivity contribution is 7.09. The third-order valence-corrected chi connectivity index (χ3v) is 4.89. The number of amides is 3. The molecule has 0 bridgehead atoms. The van der Waals surface area contributed by atoms with Gasteiger partial charge < -0.3 is 25.0 Å². The molecule has 0 aromatic carbocycles. The number of urea groups is 1. The normalized spacial score (nSPS) is 12.3. The lowest BCUT2D eigenvalue weighted by molar-refractivity contribution is -0.143. The fourth-order valence-electron chi connectivity index (χ4n) is 2.26. The highest BCUT2D eigenvalue weighted by Gasteiger charge is 2.24. The van der Waals surface area contributed by atoms with Crippen molar-refractivity contribution in [2.24, 2.45) is 0 Å². The van der Waals surface area contributed by atoms with Gasteiger partial charge >= 0.3 is 18.1 Å². The minimum Gasteiger partial charge on any atom is -0.467 e. The van der Waals surface area contributed by atoms with Crippen molar-refractivity contribution in [3.8, 4) is 0 Å². The SMILES string of the molecule is COC(=O)C(CCNC(=O)OC(C)(C)C)NC(=O)N(C)Cc1csc(C(C)C)n1. The van der Waals surface area contributed by atoms with E-state index in [9.17, 15) is 14.4 Å². The van der Waals surface area contributed by atoms with E-state index >= 15 is 0 Å². The zero-order chi connectivity index (χ0) is 22.2. The minimum absolute atomic E-state index is 0.141. The zero-order valence-corrected chi connectivity index (χ0v) is 19.0. The molecular formula is C19H32N4O5S. The lowest BCUT2D eigenvalue weighted by atomic mass is 10.2. The van der Waals surface area contributed by atoms with Crippen LogP contribution in [-0.2, 0) is 20.8 Å². The van der Waals surface area contributed by atoms with Gasteiger partial charge in [0, 0.05) is 24.9 Å². The van der Waals surface area contributed by atoms with E-state index < -0.39 is 29.7 Å². The monoisotopic (exact) mass is 428 g/mol. The Hall–Kier alpha value is -2.36. The Labute approximate surface area is 176 Å². The zero-order valence-electron chi connectivity index (χ0n) is 18.2. The van der Waals surface area contributed by atoms with Crippen LogP contribution in [0, 0.1) is 0 Å².